The van der Waals surface area contributed by atoms with Gasteiger partial charge < -0.3 is 10.1 Å². The lowest BCUT2D eigenvalue weighted by Crippen LogP contribution is -2.41. The summed E-state index contributed by atoms with van der Waals surface area (Å²) in [5.41, 5.74) is 1.32. The van der Waals surface area contributed by atoms with E-state index in [-0.39, 0.29) is 11.8 Å². The summed E-state index contributed by atoms with van der Waals surface area (Å²) in [7, 11) is 0. The summed E-state index contributed by atoms with van der Waals surface area (Å²) in [5, 5.41) is 5.66. The molecule has 126 valence electrons. The predicted octanol–water partition coefficient (Wildman–Crippen LogP) is 2.39. The van der Waals surface area contributed by atoms with Crippen molar-refractivity contribution < 1.29 is 9.53 Å². The van der Waals surface area contributed by atoms with E-state index in [0.717, 1.165) is 45.8 Å². The number of amides is 1. The van der Waals surface area contributed by atoms with Gasteiger partial charge in [0.15, 0.2) is 0 Å². The molecule has 0 aromatic heterocycles. The van der Waals surface area contributed by atoms with Gasteiger partial charge in [-0.1, -0.05) is 42.5 Å². The average molecular weight is 324 g/mol. The molecule has 2 fully saturated rings. The van der Waals surface area contributed by atoms with Gasteiger partial charge in [0.1, 0.15) is 0 Å². The number of nitrogens with one attached hydrogen (secondary N) is 1. The van der Waals surface area contributed by atoms with E-state index >= 15 is 0 Å². The predicted molar refractivity (Wildman–Crippen MR) is 95.1 cm³/mol. The van der Waals surface area contributed by atoms with Crippen LogP contribution in [0.3, 0.4) is 0 Å². The third-order valence-electron chi connectivity index (χ3n) is 5.18. The first-order valence-corrected chi connectivity index (χ1v) is 8.88. The van der Waals surface area contributed by atoms with Crippen LogP contribution < -0.4 is 5.32 Å². The van der Waals surface area contributed by atoms with Crippen molar-refractivity contribution >= 4 is 16.7 Å². The molecule has 0 radical (unpaired) electrons. The number of carbonyl (C=O) groups excluding carboxylic acids is 1. The number of hydrogen-bond acceptors (Lipinski definition) is 3. The Kier molecular flexibility index (Phi) is 4.50. The number of benzene rings is 2. The Balaban J connectivity index is 1.33. The van der Waals surface area contributed by atoms with Gasteiger partial charge in [-0.2, -0.15) is 0 Å². The second kappa shape index (κ2) is 6.91. The standard InChI is InChI=1S/C20H24N2O2/c23-20(21-8-9-22-10-12-24-13-11-22)19-14-18(19)17-7-3-5-15-4-1-2-6-16(15)17/h1-7,18-19H,8-14H2,(H,21,23)/t18-,19-/m0/s1. The summed E-state index contributed by atoms with van der Waals surface area (Å²) in [5.74, 6) is 0.723. The highest BCUT2D eigenvalue weighted by Gasteiger charge is 2.44. The molecule has 1 aliphatic carbocycles. The maximum Gasteiger partial charge on any atom is 0.223 e. The van der Waals surface area contributed by atoms with E-state index in [9.17, 15) is 4.79 Å². The molecule has 0 spiro atoms. The van der Waals surface area contributed by atoms with E-state index in [1.807, 2.05) is 0 Å². The zero-order valence-corrected chi connectivity index (χ0v) is 13.9. The molecule has 2 aliphatic rings. The van der Waals surface area contributed by atoms with Crippen molar-refractivity contribution in [1.82, 2.24) is 10.2 Å². The Labute approximate surface area is 142 Å². The summed E-state index contributed by atoms with van der Waals surface area (Å²) >= 11 is 0. The molecule has 2 atom stereocenters. The highest BCUT2D eigenvalue weighted by atomic mass is 16.5. The Morgan fingerprint density at radius 3 is 2.79 bits per heavy atom. The number of ether oxygens (including phenoxy) is 1. The largest absolute Gasteiger partial charge is 0.379 e. The minimum atomic E-state index is 0.139. The van der Waals surface area contributed by atoms with Crippen LogP contribution in [-0.2, 0) is 9.53 Å². The van der Waals surface area contributed by atoms with Crippen LogP contribution in [-0.4, -0.2) is 50.2 Å². The fourth-order valence-corrected chi connectivity index (χ4v) is 3.70. The van der Waals surface area contributed by atoms with Crippen molar-refractivity contribution in [2.24, 2.45) is 5.92 Å². The molecule has 0 bridgehead atoms. The maximum absolute atomic E-state index is 12.4. The van der Waals surface area contributed by atoms with Gasteiger partial charge in [0.25, 0.3) is 0 Å². The van der Waals surface area contributed by atoms with Crippen molar-refractivity contribution in [3.05, 3.63) is 48.0 Å². The van der Waals surface area contributed by atoms with Gasteiger partial charge in [-0.3, -0.25) is 9.69 Å². The molecule has 2 aromatic rings. The Morgan fingerprint density at radius 2 is 1.92 bits per heavy atom. The minimum absolute atomic E-state index is 0.139. The number of nitrogens with zero attached hydrogens (tertiary/aromatic N) is 1. The third-order valence-corrected chi connectivity index (χ3v) is 5.18. The smallest absolute Gasteiger partial charge is 0.223 e. The molecule has 1 saturated carbocycles. The summed E-state index contributed by atoms with van der Waals surface area (Å²) in [6.45, 7) is 5.20. The van der Waals surface area contributed by atoms with Crippen LogP contribution in [0.4, 0.5) is 0 Å². The fraction of sp³-hybridized carbons (Fsp3) is 0.450. The lowest BCUT2D eigenvalue weighted by molar-refractivity contribution is -0.122. The summed E-state index contributed by atoms with van der Waals surface area (Å²) < 4.78 is 5.34. The van der Waals surface area contributed by atoms with Gasteiger partial charge >= 0.3 is 0 Å². The molecule has 1 saturated heterocycles. The Hall–Kier alpha value is -1.91. The zero-order chi connectivity index (χ0) is 16.4. The van der Waals surface area contributed by atoms with Crippen molar-refractivity contribution in [3.63, 3.8) is 0 Å². The molecule has 0 unspecified atom stereocenters. The van der Waals surface area contributed by atoms with Crippen LogP contribution in [0.1, 0.15) is 17.9 Å². The first-order chi connectivity index (χ1) is 11.8. The first-order valence-electron chi connectivity index (χ1n) is 8.88. The number of morpholine rings is 1. The highest BCUT2D eigenvalue weighted by molar-refractivity contribution is 5.89. The molecule has 1 amide bonds. The van der Waals surface area contributed by atoms with Crippen molar-refractivity contribution in [3.8, 4) is 0 Å². The second-order valence-corrected chi connectivity index (χ2v) is 6.76. The van der Waals surface area contributed by atoms with Crippen LogP contribution in [0.15, 0.2) is 42.5 Å². The highest BCUT2D eigenvalue weighted by Crippen LogP contribution is 2.49. The topological polar surface area (TPSA) is 41.6 Å². The Bertz CT molecular complexity index is 719. The zero-order valence-electron chi connectivity index (χ0n) is 13.9. The number of fused-ring (bicyclic) bond motifs is 1. The van der Waals surface area contributed by atoms with E-state index in [2.05, 4.69) is 52.7 Å². The summed E-state index contributed by atoms with van der Waals surface area (Å²) in [6, 6.07) is 14.9. The maximum atomic E-state index is 12.4. The summed E-state index contributed by atoms with van der Waals surface area (Å²) in [4.78, 5) is 14.8. The lowest BCUT2D eigenvalue weighted by atomic mass is 10.00. The lowest BCUT2D eigenvalue weighted by Gasteiger charge is -2.26. The second-order valence-electron chi connectivity index (χ2n) is 6.76. The first kappa shape index (κ1) is 15.6. The normalized spacial score (nSPS) is 24.0. The van der Waals surface area contributed by atoms with Crippen molar-refractivity contribution in [1.29, 1.82) is 0 Å². The van der Waals surface area contributed by atoms with E-state index < -0.39 is 0 Å². The van der Waals surface area contributed by atoms with E-state index in [0.29, 0.717) is 5.92 Å². The van der Waals surface area contributed by atoms with Crippen LogP contribution in [0.5, 0.6) is 0 Å². The SMILES string of the molecule is O=C(NCCN1CCOCC1)[C@H]1C[C@H]1c1cccc2ccccc12. The van der Waals surface area contributed by atoms with E-state index in [4.69, 9.17) is 4.74 Å². The fourth-order valence-electron chi connectivity index (χ4n) is 3.70. The molecule has 1 N–H and O–H groups in total. The van der Waals surface area contributed by atoms with E-state index in [1.54, 1.807) is 0 Å². The molecular formula is C20H24N2O2. The molecule has 24 heavy (non-hydrogen) atoms. The molecule has 1 aliphatic heterocycles. The monoisotopic (exact) mass is 324 g/mol. The quantitative estimate of drug-likeness (QED) is 0.918. The average Bonchev–Trinajstić information content (AvgIpc) is 3.43. The molecule has 1 heterocycles. The van der Waals surface area contributed by atoms with Crippen LogP contribution in [0.25, 0.3) is 10.8 Å². The number of hydrogen-bond donors (Lipinski definition) is 1. The molecule has 2 aromatic carbocycles. The minimum Gasteiger partial charge on any atom is -0.379 e. The van der Waals surface area contributed by atoms with E-state index in [1.165, 1.54) is 16.3 Å². The molecular weight excluding hydrogens is 300 g/mol. The van der Waals surface area contributed by atoms with Gasteiger partial charge in [-0.25, -0.2) is 0 Å². The molecule has 4 rings (SSSR count). The van der Waals surface area contributed by atoms with Crippen molar-refractivity contribution in [2.45, 2.75) is 12.3 Å². The van der Waals surface area contributed by atoms with Crippen molar-refractivity contribution in [2.75, 3.05) is 39.4 Å². The van der Waals surface area contributed by atoms with Gasteiger partial charge in [-0.05, 0) is 28.7 Å². The third kappa shape index (κ3) is 3.30. The number of rotatable bonds is 5. The summed E-state index contributed by atoms with van der Waals surface area (Å²) in [6.07, 6.45) is 0.970. The van der Waals surface area contributed by atoms with Crippen LogP contribution in [0.2, 0.25) is 0 Å². The van der Waals surface area contributed by atoms with Crippen LogP contribution in [0, 0.1) is 5.92 Å². The molecule has 4 heteroatoms. The van der Waals surface area contributed by atoms with Gasteiger partial charge in [0.2, 0.25) is 5.91 Å². The Morgan fingerprint density at radius 1 is 1.12 bits per heavy atom. The van der Waals surface area contributed by atoms with Gasteiger partial charge in [0, 0.05) is 32.1 Å². The number of carbonyl (C=O) groups is 1. The van der Waals surface area contributed by atoms with Crippen LogP contribution >= 0.6 is 0 Å². The molecule has 4 nitrogen and oxygen atoms in total. The van der Waals surface area contributed by atoms with Gasteiger partial charge in [0.05, 0.1) is 13.2 Å². The van der Waals surface area contributed by atoms with Gasteiger partial charge in [-0.15, -0.1) is 0 Å².